The zero-order valence-corrected chi connectivity index (χ0v) is 18.5. The third-order valence-electron chi connectivity index (χ3n) is 7.37. The first-order valence-corrected chi connectivity index (χ1v) is 11.6. The summed E-state index contributed by atoms with van der Waals surface area (Å²) in [7, 11) is 0. The van der Waals surface area contributed by atoms with E-state index >= 15 is 0 Å². The smallest absolute Gasteiger partial charge is 0.308 e. The van der Waals surface area contributed by atoms with Crippen molar-refractivity contribution in [1.82, 2.24) is 0 Å². The lowest BCUT2D eigenvalue weighted by Gasteiger charge is -2.43. The molecular weight excluding hydrogens is 364 g/mol. The predicted octanol–water partition coefficient (Wildman–Crippen LogP) is 4.86. The number of ether oxygens (including phenoxy) is 1. The topological polar surface area (TPSA) is 63.6 Å². The van der Waals surface area contributed by atoms with Gasteiger partial charge in [0.05, 0.1) is 12.0 Å². The number of aliphatic hydroxyl groups excluding tert-OH is 1. The molecule has 8 atom stereocenters. The summed E-state index contributed by atoms with van der Waals surface area (Å²) in [4.78, 5) is 24.5. The van der Waals surface area contributed by atoms with E-state index in [0.717, 1.165) is 32.1 Å². The molecule has 3 aliphatic carbocycles. The molecule has 1 saturated carbocycles. The molecule has 3 aliphatic rings. The van der Waals surface area contributed by atoms with E-state index in [-0.39, 0.29) is 35.6 Å². The Hall–Kier alpha value is -1.42. The highest BCUT2D eigenvalue weighted by atomic mass is 16.5. The Balaban J connectivity index is 1.74. The first-order chi connectivity index (χ1) is 13.8. The van der Waals surface area contributed by atoms with Crippen LogP contribution in [0.5, 0.6) is 0 Å². The summed E-state index contributed by atoms with van der Waals surface area (Å²) in [6.07, 6.45) is 11.6. The molecule has 4 nitrogen and oxygen atoms in total. The number of carbonyl (C=O) groups excluding carboxylic acids is 2. The highest BCUT2D eigenvalue weighted by Crippen LogP contribution is 2.45. The van der Waals surface area contributed by atoms with Crippen LogP contribution >= 0.6 is 0 Å². The van der Waals surface area contributed by atoms with Crippen molar-refractivity contribution in [3.05, 3.63) is 23.8 Å². The summed E-state index contributed by atoms with van der Waals surface area (Å²) in [5.74, 6) is 1.79. The molecule has 0 amide bonds. The van der Waals surface area contributed by atoms with Gasteiger partial charge in [0.1, 0.15) is 11.9 Å². The van der Waals surface area contributed by atoms with E-state index in [4.69, 9.17) is 4.74 Å². The van der Waals surface area contributed by atoms with Gasteiger partial charge >= 0.3 is 5.97 Å². The Labute approximate surface area is 175 Å². The summed E-state index contributed by atoms with van der Waals surface area (Å²) in [5, 5.41) is 9.97. The first kappa shape index (κ1) is 22.3. The Morgan fingerprint density at radius 3 is 2.69 bits per heavy atom. The second-order valence-electron chi connectivity index (χ2n) is 9.85. The quantitative estimate of drug-likeness (QED) is 0.645. The zero-order valence-electron chi connectivity index (χ0n) is 18.5. The normalized spacial score (nSPS) is 38.2. The van der Waals surface area contributed by atoms with Crippen LogP contribution in [0.1, 0.15) is 72.6 Å². The van der Waals surface area contributed by atoms with Gasteiger partial charge in [0.15, 0.2) is 0 Å². The maximum Gasteiger partial charge on any atom is 0.308 e. The number of esters is 1. The molecule has 1 N–H and O–H groups in total. The van der Waals surface area contributed by atoms with Gasteiger partial charge in [-0.3, -0.25) is 9.59 Å². The van der Waals surface area contributed by atoms with Gasteiger partial charge in [-0.25, -0.2) is 0 Å². The fourth-order valence-electron chi connectivity index (χ4n) is 5.52. The lowest BCUT2D eigenvalue weighted by atomic mass is 9.64. The number of rotatable bonds is 6. The molecule has 0 spiro atoms. The Morgan fingerprint density at radius 1 is 1.24 bits per heavy atom. The van der Waals surface area contributed by atoms with E-state index in [1.54, 1.807) is 0 Å². The Morgan fingerprint density at radius 2 is 2.00 bits per heavy atom. The highest BCUT2D eigenvalue weighted by molar-refractivity contribution is 5.79. The molecule has 29 heavy (non-hydrogen) atoms. The van der Waals surface area contributed by atoms with Crippen molar-refractivity contribution in [1.29, 1.82) is 0 Å². The third kappa shape index (κ3) is 5.39. The fourth-order valence-corrected chi connectivity index (χ4v) is 5.52. The molecule has 0 aromatic carbocycles. The minimum atomic E-state index is -0.472. The van der Waals surface area contributed by atoms with Crippen LogP contribution in [0.2, 0.25) is 0 Å². The second-order valence-corrected chi connectivity index (χ2v) is 9.85. The van der Waals surface area contributed by atoms with Gasteiger partial charge in [0.2, 0.25) is 0 Å². The van der Waals surface area contributed by atoms with Crippen molar-refractivity contribution < 1.29 is 19.4 Å². The number of hydrogen-bond donors (Lipinski definition) is 1. The van der Waals surface area contributed by atoms with Crippen LogP contribution in [0.15, 0.2) is 23.8 Å². The fraction of sp³-hybridized carbons (Fsp3) is 0.760. The summed E-state index contributed by atoms with van der Waals surface area (Å²) in [5.41, 5.74) is 1.31. The van der Waals surface area contributed by atoms with Gasteiger partial charge in [-0.15, -0.1) is 0 Å². The second kappa shape index (κ2) is 9.59. The standard InChI is InChI=1S/C25H38O4/c1-5-16(3)25(28)29-23-11-15(2)10-19-8-6-17(4)22(24(19)23)9-7-18-12-20(26)14-21(27)13-18/h6,8,10,15-18,20,22-24,26H,5,7,9,11-14H2,1-4H3/t15-,16-,17-,18?,20+,22-,23-,24-/m0/s1. The monoisotopic (exact) mass is 402 g/mol. The molecule has 3 rings (SSSR count). The summed E-state index contributed by atoms with van der Waals surface area (Å²) in [6.45, 7) is 8.42. The van der Waals surface area contributed by atoms with E-state index in [9.17, 15) is 14.7 Å². The van der Waals surface area contributed by atoms with Gasteiger partial charge in [-0.2, -0.15) is 0 Å². The SMILES string of the molecule is CC[C@H](C)C(=O)O[C@H]1C[C@@H](C)C=C2C=C[C@H](C)[C@H](CCC3CC(=O)C[C@H](O)C3)[C@H]21. The van der Waals surface area contributed by atoms with Crippen molar-refractivity contribution in [3.8, 4) is 0 Å². The molecule has 0 aromatic rings. The number of ketones is 1. The van der Waals surface area contributed by atoms with Crippen LogP contribution in [0.3, 0.4) is 0 Å². The van der Waals surface area contributed by atoms with Gasteiger partial charge < -0.3 is 9.84 Å². The average molecular weight is 403 g/mol. The number of carbonyl (C=O) groups is 2. The number of fused-ring (bicyclic) bond motifs is 1. The van der Waals surface area contributed by atoms with E-state index in [1.165, 1.54) is 5.57 Å². The lowest BCUT2D eigenvalue weighted by molar-refractivity contribution is -0.158. The van der Waals surface area contributed by atoms with Gasteiger partial charge in [-0.1, -0.05) is 45.9 Å². The van der Waals surface area contributed by atoms with Crippen LogP contribution in [-0.4, -0.2) is 29.1 Å². The van der Waals surface area contributed by atoms with Crippen molar-refractivity contribution in [2.24, 2.45) is 35.5 Å². The van der Waals surface area contributed by atoms with Crippen LogP contribution < -0.4 is 0 Å². The van der Waals surface area contributed by atoms with Crippen LogP contribution in [0, 0.1) is 35.5 Å². The molecule has 162 valence electrons. The molecule has 0 radical (unpaired) electrons. The molecule has 4 heteroatoms. The van der Waals surface area contributed by atoms with E-state index in [2.05, 4.69) is 32.1 Å². The van der Waals surface area contributed by atoms with E-state index < -0.39 is 6.10 Å². The maximum absolute atomic E-state index is 12.6. The van der Waals surface area contributed by atoms with Crippen molar-refractivity contribution >= 4 is 11.8 Å². The van der Waals surface area contributed by atoms with Crippen molar-refractivity contribution in [2.75, 3.05) is 0 Å². The highest BCUT2D eigenvalue weighted by Gasteiger charge is 2.42. The average Bonchev–Trinajstić information content (AvgIpc) is 2.65. The molecule has 1 unspecified atom stereocenters. The minimum absolute atomic E-state index is 0.0654. The first-order valence-electron chi connectivity index (χ1n) is 11.6. The van der Waals surface area contributed by atoms with Crippen molar-refractivity contribution in [2.45, 2.75) is 84.8 Å². The van der Waals surface area contributed by atoms with Crippen LogP contribution in [0.25, 0.3) is 0 Å². The molecule has 1 fully saturated rings. The molecule has 0 heterocycles. The van der Waals surface area contributed by atoms with Gasteiger partial charge in [0.25, 0.3) is 0 Å². The van der Waals surface area contributed by atoms with E-state index in [1.807, 2.05) is 13.8 Å². The lowest BCUT2D eigenvalue weighted by Crippen LogP contribution is -2.41. The maximum atomic E-state index is 12.6. The largest absolute Gasteiger partial charge is 0.461 e. The molecule has 0 aromatic heterocycles. The number of Topliss-reactive ketones (excluding diaryl/α,β-unsaturated/α-hetero) is 1. The van der Waals surface area contributed by atoms with Crippen LogP contribution in [0.4, 0.5) is 0 Å². The molecule has 0 bridgehead atoms. The van der Waals surface area contributed by atoms with E-state index in [0.29, 0.717) is 30.6 Å². The number of allylic oxidation sites excluding steroid dienone is 3. The molecule has 0 saturated heterocycles. The predicted molar refractivity (Wildman–Crippen MR) is 114 cm³/mol. The Bertz CT molecular complexity index is 664. The third-order valence-corrected chi connectivity index (χ3v) is 7.37. The molecular formula is C25H38O4. The van der Waals surface area contributed by atoms with Crippen LogP contribution in [-0.2, 0) is 14.3 Å². The number of aliphatic hydroxyl groups is 1. The summed E-state index contributed by atoms with van der Waals surface area (Å²) >= 11 is 0. The Kier molecular flexibility index (Phi) is 7.37. The minimum Gasteiger partial charge on any atom is -0.461 e. The van der Waals surface area contributed by atoms with Gasteiger partial charge in [-0.05, 0) is 61.3 Å². The van der Waals surface area contributed by atoms with Crippen molar-refractivity contribution in [3.63, 3.8) is 0 Å². The number of hydrogen-bond acceptors (Lipinski definition) is 4. The summed E-state index contributed by atoms with van der Waals surface area (Å²) in [6, 6.07) is 0. The zero-order chi connectivity index (χ0) is 21.1. The summed E-state index contributed by atoms with van der Waals surface area (Å²) < 4.78 is 6.08. The molecule has 0 aliphatic heterocycles. The van der Waals surface area contributed by atoms with Gasteiger partial charge in [0, 0.05) is 18.8 Å².